The Hall–Kier alpha value is -1.45. The van der Waals surface area contributed by atoms with Crippen molar-refractivity contribution in [1.29, 1.82) is 5.41 Å². The molecule has 0 spiro atoms. The first-order valence-corrected chi connectivity index (χ1v) is 5.92. The van der Waals surface area contributed by atoms with Gasteiger partial charge in [-0.3, -0.25) is 5.41 Å². The van der Waals surface area contributed by atoms with Crippen LogP contribution >= 0.6 is 0 Å². The lowest BCUT2D eigenvalue weighted by Gasteiger charge is -2.29. The molecule has 17 heavy (non-hydrogen) atoms. The zero-order chi connectivity index (χ0) is 12.3. The fourth-order valence-electron chi connectivity index (χ4n) is 2.15. The molecule has 2 nitrogen and oxygen atoms in total. The van der Waals surface area contributed by atoms with Crippen molar-refractivity contribution in [3.63, 3.8) is 0 Å². The molecule has 92 valence electrons. The minimum Gasteiger partial charge on any atom is -0.360 e. The van der Waals surface area contributed by atoms with Gasteiger partial charge < -0.3 is 4.90 Å². The molecule has 1 heterocycles. The number of likely N-dealkylation sites (tertiary alicyclic amines) is 1. The summed E-state index contributed by atoms with van der Waals surface area (Å²) in [6.45, 7) is 1.55. The van der Waals surface area contributed by atoms with Crippen LogP contribution in [0.3, 0.4) is 0 Å². The maximum Gasteiger partial charge on any atom is 0.126 e. The standard InChI is InChI=1S/C13H16F2N2/c14-11-7-10(8-12(15)9-11)4-6-17-5-2-1-3-13(17)16/h7-9,16H,1-6H2. The summed E-state index contributed by atoms with van der Waals surface area (Å²) >= 11 is 0. The zero-order valence-corrected chi connectivity index (χ0v) is 9.68. The van der Waals surface area contributed by atoms with Crippen molar-refractivity contribution in [2.75, 3.05) is 13.1 Å². The number of halogens is 2. The summed E-state index contributed by atoms with van der Waals surface area (Å²) in [5.41, 5.74) is 0.654. The maximum absolute atomic E-state index is 13.0. The Kier molecular flexibility index (Phi) is 3.71. The fraction of sp³-hybridized carbons (Fsp3) is 0.462. The predicted octanol–water partition coefficient (Wildman–Crippen LogP) is 2.97. The lowest BCUT2D eigenvalue weighted by atomic mass is 10.1. The molecule has 0 saturated carbocycles. The highest BCUT2D eigenvalue weighted by Gasteiger charge is 2.14. The van der Waals surface area contributed by atoms with E-state index in [9.17, 15) is 8.78 Å². The monoisotopic (exact) mass is 238 g/mol. The molecule has 1 fully saturated rings. The average molecular weight is 238 g/mol. The first-order chi connectivity index (χ1) is 8.15. The van der Waals surface area contributed by atoms with Crippen molar-refractivity contribution < 1.29 is 8.78 Å². The number of hydrogen-bond acceptors (Lipinski definition) is 1. The summed E-state index contributed by atoms with van der Waals surface area (Å²) in [6.07, 6.45) is 3.57. The molecule has 2 rings (SSSR count). The number of rotatable bonds is 3. The lowest BCUT2D eigenvalue weighted by molar-refractivity contribution is 0.370. The van der Waals surface area contributed by atoms with E-state index in [0.29, 0.717) is 24.4 Å². The number of nitrogens with zero attached hydrogens (tertiary/aromatic N) is 1. The van der Waals surface area contributed by atoms with Gasteiger partial charge in [-0.1, -0.05) is 0 Å². The lowest BCUT2D eigenvalue weighted by Crippen LogP contribution is -2.36. The van der Waals surface area contributed by atoms with Gasteiger partial charge in [0.25, 0.3) is 0 Å². The third-order valence-corrected chi connectivity index (χ3v) is 3.07. The van der Waals surface area contributed by atoms with E-state index < -0.39 is 11.6 Å². The largest absolute Gasteiger partial charge is 0.360 e. The van der Waals surface area contributed by atoms with E-state index in [1.807, 2.05) is 4.90 Å². The molecular formula is C13H16F2N2. The molecular weight excluding hydrogens is 222 g/mol. The molecule has 1 saturated heterocycles. The van der Waals surface area contributed by atoms with Crippen LogP contribution < -0.4 is 0 Å². The van der Waals surface area contributed by atoms with Gasteiger partial charge in [-0.2, -0.15) is 0 Å². The summed E-state index contributed by atoms with van der Waals surface area (Å²) in [5, 5.41) is 7.77. The van der Waals surface area contributed by atoms with Gasteiger partial charge in [0.15, 0.2) is 0 Å². The normalized spacial score (nSPS) is 16.4. The molecule has 0 aliphatic carbocycles. The van der Waals surface area contributed by atoms with Gasteiger partial charge in [-0.05, 0) is 37.0 Å². The van der Waals surface area contributed by atoms with Gasteiger partial charge in [-0.25, -0.2) is 8.78 Å². The predicted molar refractivity (Wildman–Crippen MR) is 63.2 cm³/mol. The Morgan fingerprint density at radius 1 is 1.12 bits per heavy atom. The van der Waals surface area contributed by atoms with Crippen LogP contribution in [0.15, 0.2) is 18.2 Å². The van der Waals surface area contributed by atoms with E-state index in [-0.39, 0.29) is 0 Å². The van der Waals surface area contributed by atoms with Gasteiger partial charge in [0, 0.05) is 25.6 Å². The van der Waals surface area contributed by atoms with Crippen LogP contribution in [-0.4, -0.2) is 23.8 Å². The summed E-state index contributed by atoms with van der Waals surface area (Å²) in [7, 11) is 0. The van der Waals surface area contributed by atoms with Gasteiger partial charge >= 0.3 is 0 Å². The van der Waals surface area contributed by atoms with Crippen LogP contribution in [0.1, 0.15) is 24.8 Å². The molecule has 0 unspecified atom stereocenters. The topological polar surface area (TPSA) is 27.1 Å². The van der Waals surface area contributed by atoms with Crippen LogP contribution in [0.4, 0.5) is 8.78 Å². The van der Waals surface area contributed by atoms with Crippen LogP contribution in [-0.2, 0) is 6.42 Å². The van der Waals surface area contributed by atoms with Crippen molar-refractivity contribution in [2.45, 2.75) is 25.7 Å². The Balaban J connectivity index is 1.94. The van der Waals surface area contributed by atoms with E-state index >= 15 is 0 Å². The average Bonchev–Trinajstić information content (AvgIpc) is 2.27. The first kappa shape index (κ1) is 12.0. The summed E-state index contributed by atoms with van der Waals surface area (Å²) in [5.74, 6) is -0.421. The third kappa shape index (κ3) is 3.25. The fourth-order valence-corrected chi connectivity index (χ4v) is 2.15. The molecule has 1 aromatic carbocycles. The smallest absolute Gasteiger partial charge is 0.126 e. The van der Waals surface area contributed by atoms with Crippen LogP contribution in [0.5, 0.6) is 0 Å². The molecule has 0 atom stereocenters. The summed E-state index contributed by atoms with van der Waals surface area (Å²) in [4.78, 5) is 1.99. The van der Waals surface area contributed by atoms with Crippen molar-refractivity contribution in [1.82, 2.24) is 4.90 Å². The number of nitrogens with one attached hydrogen (secondary N) is 1. The highest BCUT2D eigenvalue weighted by atomic mass is 19.1. The molecule has 1 aliphatic heterocycles. The van der Waals surface area contributed by atoms with Crippen molar-refractivity contribution in [3.8, 4) is 0 Å². The van der Waals surface area contributed by atoms with Crippen molar-refractivity contribution in [3.05, 3.63) is 35.4 Å². The second-order valence-corrected chi connectivity index (χ2v) is 4.42. The molecule has 0 amide bonds. The van der Waals surface area contributed by atoms with Gasteiger partial charge in [-0.15, -0.1) is 0 Å². The summed E-state index contributed by atoms with van der Waals surface area (Å²) < 4.78 is 25.9. The van der Waals surface area contributed by atoms with Gasteiger partial charge in [0.2, 0.25) is 0 Å². The maximum atomic E-state index is 13.0. The van der Waals surface area contributed by atoms with E-state index in [1.165, 1.54) is 12.1 Å². The molecule has 0 bridgehead atoms. The van der Waals surface area contributed by atoms with E-state index in [2.05, 4.69) is 0 Å². The zero-order valence-electron chi connectivity index (χ0n) is 9.68. The molecule has 4 heteroatoms. The highest BCUT2D eigenvalue weighted by molar-refractivity contribution is 5.79. The summed E-state index contributed by atoms with van der Waals surface area (Å²) in [6, 6.07) is 3.60. The molecule has 0 aromatic heterocycles. The number of piperidine rings is 1. The Labute approximate surface area is 99.8 Å². The van der Waals surface area contributed by atoms with Crippen LogP contribution in [0, 0.1) is 17.0 Å². The molecule has 1 aromatic rings. The van der Waals surface area contributed by atoms with E-state index in [1.54, 1.807) is 0 Å². The van der Waals surface area contributed by atoms with E-state index in [4.69, 9.17) is 5.41 Å². The van der Waals surface area contributed by atoms with Crippen molar-refractivity contribution >= 4 is 5.84 Å². The van der Waals surface area contributed by atoms with Gasteiger partial charge in [0.05, 0.1) is 5.84 Å². The minimum absolute atomic E-state index is 0.534. The van der Waals surface area contributed by atoms with E-state index in [0.717, 1.165) is 31.9 Å². The Morgan fingerprint density at radius 3 is 2.47 bits per heavy atom. The second-order valence-electron chi connectivity index (χ2n) is 4.42. The first-order valence-electron chi connectivity index (χ1n) is 5.92. The van der Waals surface area contributed by atoms with Gasteiger partial charge in [0.1, 0.15) is 11.6 Å². The molecule has 1 N–H and O–H groups in total. The Morgan fingerprint density at radius 2 is 1.82 bits per heavy atom. The van der Waals surface area contributed by atoms with Crippen LogP contribution in [0.25, 0.3) is 0 Å². The minimum atomic E-state index is -0.534. The molecule has 1 aliphatic rings. The Bertz CT molecular complexity index is 398. The quantitative estimate of drug-likeness (QED) is 0.861. The third-order valence-electron chi connectivity index (χ3n) is 3.07. The van der Waals surface area contributed by atoms with Crippen molar-refractivity contribution in [2.24, 2.45) is 0 Å². The SMILES string of the molecule is N=C1CCCCN1CCc1cc(F)cc(F)c1. The number of hydrogen-bond donors (Lipinski definition) is 1. The number of amidine groups is 1. The number of benzene rings is 1. The second kappa shape index (κ2) is 5.25. The van der Waals surface area contributed by atoms with Crippen LogP contribution in [0.2, 0.25) is 0 Å². The molecule has 0 radical (unpaired) electrons. The highest BCUT2D eigenvalue weighted by Crippen LogP contribution is 2.13.